The van der Waals surface area contributed by atoms with Crippen molar-refractivity contribution in [2.45, 2.75) is 27.2 Å². The molecule has 0 bridgehead atoms. The summed E-state index contributed by atoms with van der Waals surface area (Å²) in [5.41, 5.74) is 13.0. The number of rotatable bonds is 7. The number of nitro groups is 1. The predicted octanol–water partition coefficient (Wildman–Crippen LogP) is 7.54. The first-order valence-corrected chi connectivity index (χ1v) is 16.5. The highest BCUT2D eigenvalue weighted by Gasteiger charge is 2.19. The van der Waals surface area contributed by atoms with Gasteiger partial charge in [0.25, 0.3) is 6.48 Å². The van der Waals surface area contributed by atoms with Gasteiger partial charge in [-0.1, -0.05) is 81.2 Å². The summed E-state index contributed by atoms with van der Waals surface area (Å²) in [5.74, 6) is 0. The van der Waals surface area contributed by atoms with Crippen LogP contribution in [0.5, 0.6) is 0 Å². The quantitative estimate of drug-likeness (QED) is 0.0696. The summed E-state index contributed by atoms with van der Waals surface area (Å²) in [6.07, 6.45) is 4.99. The fraction of sp³-hybridized carbons (Fsp3) is 0.292. The van der Waals surface area contributed by atoms with E-state index in [0.29, 0.717) is 30.5 Å². The van der Waals surface area contributed by atoms with E-state index in [2.05, 4.69) is 44.9 Å². The van der Waals surface area contributed by atoms with Crippen molar-refractivity contribution in [3.8, 4) is 0 Å². The molecule has 5 aromatic rings. The van der Waals surface area contributed by atoms with Gasteiger partial charge in [0.1, 0.15) is 47.0 Å². The summed E-state index contributed by atoms with van der Waals surface area (Å²) in [7, 11) is 0. The van der Waals surface area contributed by atoms with E-state index in [1.54, 1.807) is 5.51 Å². The molecule has 17 nitrogen and oxygen atoms in total. The predicted molar refractivity (Wildman–Crippen MR) is 191 cm³/mol. The Morgan fingerprint density at radius 3 is 1.29 bits per heavy atom. The molecule has 5 heterocycles. The molecule has 0 aromatic carbocycles. The molecule has 0 spiro atoms. The van der Waals surface area contributed by atoms with Gasteiger partial charge < -0.3 is 25.7 Å². The molecule has 0 saturated heterocycles. The molecule has 0 radical (unpaired) electrons. The van der Waals surface area contributed by atoms with Crippen LogP contribution in [0.1, 0.15) is 20.8 Å². The number of hydrogen-bond acceptors (Lipinski definition) is 17. The molecule has 49 heavy (non-hydrogen) atoms. The molecule has 0 aliphatic carbocycles. The Kier molecular flexibility index (Phi) is 21.9. The Labute approximate surface area is 317 Å². The van der Waals surface area contributed by atoms with Crippen LogP contribution in [0.2, 0.25) is 36.1 Å². The second-order valence-electron chi connectivity index (χ2n) is 7.62. The summed E-state index contributed by atoms with van der Waals surface area (Å²) >= 11 is 39.7. The van der Waals surface area contributed by atoms with Crippen LogP contribution in [0, 0.1) is 10.1 Å². The van der Waals surface area contributed by atoms with Crippen molar-refractivity contribution in [3.63, 3.8) is 0 Å². The largest absolute Gasteiger partial charge is 0.394 e. The fourth-order valence-electron chi connectivity index (χ4n) is 2.42. The standard InChI is InChI=1S/C7H16O3.C5H2ClN3S.C4HCl2N3O2.2C4H3Cl2N3/c1-4-8-7(9-5-2)10-6-3;6-4-3-5(8-1-7-4)10-2-9-3;5-3-2(9(10)11)4(6)8-1-7-3;2*5-3-2(7)4(6)9-1-8-3/h7H,4-6H2,1-3H3;1-2H;1H;2*1H,7H2. The Bertz CT molecular complexity index is 1620. The molecule has 0 unspecified atom stereocenters. The first-order valence-electron chi connectivity index (χ1n) is 13.0. The van der Waals surface area contributed by atoms with E-state index in [1.165, 1.54) is 30.3 Å². The van der Waals surface area contributed by atoms with E-state index in [9.17, 15) is 10.1 Å². The highest BCUT2D eigenvalue weighted by atomic mass is 35.5. The van der Waals surface area contributed by atoms with E-state index >= 15 is 0 Å². The van der Waals surface area contributed by atoms with Crippen molar-refractivity contribution in [2.75, 3.05) is 31.3 Å². The molecule has 0 fully saturated rings. The van der Waals surface area contributed by atoms with Gasteiger partial charge in [-0.3, -0.25) is 10.1 Å². The summed E-state index contributed by atoms with van der Waals surface area (Å²) in [6, 6.07) is 0. The van der Waals surface area contributed by atoms with Gasteiger partial charge in [0.2, 0.25) is 10.3 Å². The van der Waals surface area contributed by atoms with Crippen LogP contribution in [-0.2, 0) is 14.2 Å². The first kappa shape index (κ1) is 44.1. The lowest BCUT2D eigenvalue weighted by Crippen LogP contribution is -2.20. The Morgan fingerprint density at radius 1 is 0.633 bits per heavy atom. The maximum atomic E-state index is 10.2. The van der Waals surface area contributed by atoms with E-state index in [-0.39, 0.29) is 42.3 Å². The van der Waals surface area contributed by atoms with Gasteiger partial charge in [0, 0.05) is 19.8 Å². The smallest absolute Gasteiger partial charge is 0.343 e. The minimum absolute atomic E-state index is 0.190. The third kappa shape index (κ3) is 16.1. The second-order valence-corrected chi connectivity index (χ2v) is 11.0. The topological polar surface area (TPSA) is 239 Å². The van der Waals surface area contributed by atoms with Crippen molar-refractivity contribution >= 4 is 120 Å². The number of nitrogens with two attached hydrogens (primary N) is 2. The Morgan fingerprint density at radius 2 is 0.980 bits per heavy atom. The molecular formula is C24H25Cl7N12O5S. The van der Waals surface area contributed by atoms with Crippen molar-refractivity contribution in [3.05, 3.63) is 77.0 Å². The third-order valence-corrected chi connectivity index (χ3v) is 7.25. The van der Waals surface area contributed by atoms with Gasteiger partial charge in [0.15, 0.2) is 25.8 Å². The van der Waals surface area contributed by atoms with Crippen LogP contribution >= 0.6 is 92.5 Å². The number of thiazole rings is 1. The van der Waals surface area contributed by atoms with Gasteiger partial charge >= 0.3 is 5.69 Å². The number of hydrogen-bond donors (Lipinski definition) is 2. The van der Waals surface area contributed by atoms with Gasteiger partial charge in [0.05, 0.1) is 10.4 Å². The molecule has 0 saturated carbocycles. The monoisotopic (exact) mass is 838 g/mol. The lowest BCUT2D eigenvalue weighted by atomic mass is 10.5. The third-order valence-electron chi connectivity index (χ3n) is 4.49. The molecule has 5 aromatic heterocycles. The number of aromatic nitrogens is 9. The zero-order valence-electron chi connectivity index (χ0n) is 25.3. The van der Waals surface area contributed by atoms with E-state index < -0.39 is 17.1 Å². The zero-order valence-corrected chi connectivity index (χ0v) is 31.4. The van der Waals surface area contributed by atoms with E-state index in [4.69, 9.17) is 107 Å². The van der Waals surface area contributed by atoms with Gasteiger partial charge in [-0.2, -0.15) is 0 Å². The molecule has 266 valence electrons. The maximum Gasteiger partial charge on any atom is 0.343 e. The van der Waals surface area contributed by atoms with E-state index in [0.717, 1.165) is 11.2 Å². The number of halogens is 7. The number of nitrogens with zero attached hydrogens (tertiary/aromatic N) is 10. The molecule has 4 N–H and O–H groups in total. The van der Waals surface area contributed by atoms with Gasteiger partial charge in [-0.25, -0.2) is 44.9 Å². The number of fused-ring (bicyclic) bond motifs is 1. The number of ether oxygens (including phenoxy) is 3. The van der Waals surface area contributed by atoms with Crippen LogP contribution in [-0.4, -0.2) is 76.1 Å². The first-order chi connectivity index (χ1) is 23.3. The average Bonchev–Trinajstić information content (AvgIpc) is 3.55. The normalized spacial score (nSPS) is 10.0. The summed E-state index contributed by atoms with van der Waals surface area (Å²) in [4.78, 5) is 43.1. The highest BCUT2D eigenvalue weighted by molar-refractivity contribution is 7.16. The molecule has 0 atom stereocenters. The van der Waals surface area contributed by atoms with Gasteiger partial charge in [-0.15, -0.1) is 11.3 Å². The molecule has 0 aliphatic rings. The minimum atomic E-state index is -0.731. The van der Waals surface area contributed by atoms with Crippen LogP contribution in [0.3, 0.4) is 0 Å². The van der Waals surface area contributed by atoms with Crippen LogP contribution < -0.4 is 11.5 Å². The second kappa shape index (κ2) is 24.3. The number of anilines is 2. The summed E-state index contributed by atoms with van der Waals surface area (Å²) in [6.45, 7) is 7.10. The van der Waals surface area contributed by atoms with Crippen molar-refractivity contribution in [1.29, 1.82) is 0 Å². The molecule has 0 aliphatic heterocycles. The molecule has 25 heteroatoms. The van der Waals surface area contributed by atoms with Crippen LogP contribution in [0.25, 0.3) is 10.3 Å². The van der Waals surface area contributed by atoms with Crippen LogP contribution in [0.4, 0.5) is 17.1 Å². The van der Waals surface area contributed by atoms with E-state index in [1.807, 2.05) is 20.8 Å². The van der Waals surface area contributed by atoms with Crippen LogP contribution in [0.15, 0.2) is 30.8 Å². The average molecular weight is 842 g/mol. The lowest BCUT2D eigenvalue weighted by Gasteiger charge is -2.15. The molecule has 0 amide bonds. The van der Waals surface area contributed by atoms with Gasteiger partial charge in [-0.05, 0) is 20.8 Å². The Balaban J connectivity index is 0.000000307. The lowest BCUT2D eigenvalue weighted by molar-refractivity contribution is -0.385. The fourth-order valence-corrected chi connectivity index (χ4v) is 4.36. The number of nitrogen functional groups attached to an aromatic ring is 2. The Hall–Kier alpha value is -2.88. The SMILES string of the molecule is CCOC(OCC)OCC.Clc1ncnc2scnc12.Nc1c(Cl)ncnc1Cl.Nc1c(Cl)ncnc1Cl.O=[N+]([O-])c1c(Cl)ncnc1Cl. The zero-order chi connectivity index (χ0) is 36.9. The summed E-state index contributed by atoms with van der Waals surface area (Å²) in [5, 5.41) is 10.9. The van der Waals surface area contributed by atoms with Crippen molar-refractivity contribution < 1.29 is 19.1 Å². The summed E-state index contributed by atoms with van der Waals surface area (Å²) < 4.78 is 15.2. The van der Waals surface area contributed by atoms with Crippen molar-refractivity contribution in [2.24, 2.45) is 0 Å². The van der Waals surface area contributed by atoms with Crippen molar-refractivity contribution in [1.82, 2.24) is 44.9 Å². The maximum absolute atomic E-state index is 10.2. The molecule has 5 rings (SSSR count). The minimum Gasteiger partial charge on any atom is -0.394 e. The molecular weight excluding hydrogens is 817 g/mol. The highest BCUT2D eigenvalue weighted by Crippen LogP contribution is 2.27.